The van der Waals surface area contributed by atoms with Crippen molar-refractivity contribution in [2.75, 3.05) is 19.6 Å². The Kier molecular flexibility index (Phi) is 3.09. The van der Waals surface area contributed by atoms with Crippen molar-refractivity contribution >= 4 is 0 Å². The van der Waals surface area contributed by atoms with Gasteiger partial charge in [0, 0.05) is 32.2 Å². The first-order valence-electron chi connectivity index (χ1n) is 6.32. The van der Waals surface area contributed by atoms with Gasteiger partial charge in [-0.25, -0.2) is 0 Å². The average molecular weight is 237 g/mol. The van der Waals surface area contributed by atoms with E-state index in [4.69, 9.17) is 0 Å². The quantitative estimate of drug-likeness (QED) is 0.702. The van der Waals surface area contributed by atoms with Gasteiger partial charge < -0.3 is 15.0 Å². The van der Waals surface area contributed by atoms with Crippen LogP contribution in [0.3, 0.4) is 0 Å². The predicted octanol–water partition coefficient (Wildman–Crippen LogP) is -0.793. The molecule has 0 spiro atoms. The number of aliphatic hydroxyl groups excluding tert-OH is 1. The lowest BCUT2D eigenvalue weighted by molar-refractivity contribution is 0.0950. The molecule has 6 heteroatoms. The lowest BCUT2D eigenvalue weighted by Crippen LogP contribution is -2.42. The van der Waals surface area contributed by atoms with Crippen LogP contribution < -0.4 is 5.32 Å². The molecule has 94 valence electrons. The highest BCUT2D eigenvalue weighted by Crippen LogP contribution is 2.18. The van der Waals surface area contributed by atoms with Crippen LogP contribution in [-0.2, 0) is 13.1 Å². The summed E-state index contributed by atoms with van der Waals surface area (Å²) >= 11 is 0. The van der Waals surface area contributed by atoms with Crippen molar-refractivity contribution in [1.29, 1.82) is 0 Å². The molecule has 0 bridgehead atoms. The molecule has 1 aromatic rings. The molecule has 1 aliphatic heterocycles. The molecule has 1 aliphatic carbocycles. The van der Waals surface area contributed by atoms with E-state index in [0.717, 1.165) is 25.5 Å². The lowest BCUT2D eigenvalue weighted by Gasteiger charge is -2.28. The second-order valence-electron chi connectivity index (χ2n) is 5.01. The number of aromatic nitrogens is 3. The molecule has 2 heterocycles. The van der Waals surface area contributed by atoms with Gasteiger partial charge in [-0.3, -0.25) is 4.90 Å². The summed E-state index contributed by atoms with van der Waals surface area (Å²) in [6, 6.07) is 0.661. The van der Waals surface area contributed by atoms with Crippen LogP contribution in [0, 0.1) is 0 Å². The van der Waals surface area contributed by atoms with Crippen LogP contribution in [0.5, 0.6) is 0 Å². The maximum atomic E-state index is 9.93. The fourth-order valence-corrected chi connectivity index (χ4v) is 2.22. The summed E-state index contributed by atoms with van der Waals surface area (Å²) in [6.07, 6.45) is 4.02. The second-order valence-corrected chi connectivity index (χ2v) is 5.01. The van der Waals surface area contributed by atoms with Gasteiger partial charge >= 0.3 is 0 Å². The van der Waals surface area contributed by atoms with Gasteiger partial charge in [0.25, 0.3) is 0 Å². The van der Waals surface area contributed by atoms with Crippen molar-refractivity contribution in [2.24, 2.45) is 0 Å². The van der Waals surface area contributed by atoms with Crippen molar-refractivity contribution in [2.45, 2.75) is 38.1 Å². The maximum absolute atomic E-state index is 9.93. The monoisotopic (exact) mass is 237 g/mol. The minimum Gasteiger partial charge on any atom is -0.390 e. The molecule has 2 N–H and O–H groups in total. The second kappa shape index (κ2) is 4.72. The number of β-amino-alcohol motifs (C(OH)–C–C–N with tert-alkyl or cyclic N) is 1. The van der Waals surface area contributed by atoms with Crippen molar-refractivity contribution in [3.63, 3.8) is 0 Å². The van der Waals surface area contributed by atoms with E-state index in [9.17, 15) is 5.11 Å². The van der Waals surface area contributed by atoms with E-state index in [2.05, 4.69) is 25.0 Å². The van der Waals surface area contributed by atoms with Crippen molar-refractivity contribution in [3.05, 3.63) is 12.2 Å². The van der Waals surface area contributed by atoms with Crippen LogP contribution >= 0.6 is 0 Å². The van der Waals surface area contributed by atoms with E-state index in [1.54, 1.807) is 6.33 Å². The first-order chi connectivity index (χ1) is 8.31. The number of hydrogen-bond acceptors (Lipinski definition) is 5. The number of fused-ring (bicyclic) bond motifs is 1. The molecule has 0 aromatic carbocycles. The molecule has 1 atom stereocenters. The standard InChI is InChI=1S/C11H19N5O/c17-10(5-12-9-1-2-9)6-15-3-4-16-8-13-14-11(16)7-15/h8-10,12,17H,1-7H2. The zero-order chi connectivity index (χ0) is 11.7. The average Bonchev–Trinajstić information content (AvgIpc) is 3.04. The van der Waals surface area contributed by atoms with Crippen LogP contribution in [-0.4, -0.2) is 56.6 Å². The topological polar surface area (TPSA) is 66.2 Å². The highest BCUT2D eigenvalue weighted by molar-refractivity contribution is 4.90. The maximum Gasteiger partial charge on any atom is 0.147 e. The Labute approximate surface area is 101 Å². The van der Waals surface area contributed by atoms with Gasteiger partial charge in [-0.15, -0.1) is 10.2 Å². The third kappa shape index (κ3) is 2.83. The van der Waals surface area contributed by atoms with Crippen molar-refractivity contribution in [3.8, 4) is 0 Å². The number of nitrogens with zero attached hydrogens (tertiary/aromatic N) is 4. The number of hydrogen-bond donors (Lipinski definition) is 2. The first-order valence-corrected chi connectivity index (χ1v) is 6.32. The summed E-state index contributed by atoms with van der Waals surface area (Å²) in [5.41, 5.74) is 0. The molecule has 3 rings (SSSR count). The summed E-state index contributed by atoms with van der Waals surface area (Å²) in [6.45, 7) is 4.09. The molecule has 0 saturated heterocycles. The van der Waals surface area contributed by atoms with Crippen molar-refractivity contribution < 1.29 is 5.11 Å². The summed E-state index contributed by atoms with van der Waals surface area (Å²) in [5.74, 6) is 0.999. The Hall–Kier alpha value is -0.980. The Bertz CT molecular complexity index is 376. The van der Waals surface area contributed by atoms with E-state index in [-0.39, 0.29) is 6.10 Å². The Morgan fingerprint density at radius 1 is 1.47 bits per heavy atom. The van der Waals surface area contributed by atoms with Gasteiger partial charge in [0.2, 0.25) is 0 Å². The van der Waals surface area contributed by atoms with Crippen LogP contribution in [0.25, 0.3) is 0 Å². The van der Waals surface area contributed by atoms with Gasteiger partial charge in [0.15, 0.2) is 0 Å². The fourth-order valence-electron chi connectivity index (χ4n) is 2.22. The van der Waals surface area contributed by atoms with E-state index >= 15 is 0 Å². The third-order valence-electron chi connectivity index (χ3n) is 3.41. The van der Waals surface area contributed by atoms with Gasteiger partial charge in [-0.05, 0) is 12.8 Å². The number of nitrogens with one attached hydrogen (secondary N) is 1. The van der Waals surface area contributed by atoms with Crippen LogP contribution in [0.2, 0.25) is 0 Å². The molecule has 6 nitrogen and oxygen atoms in total. The summed E-state index contributed by atoms with van der Waals surface area (Å²) in [4.78, 5) is 2.24. The Morgan fingerprint density at radius 2 is 2.35 bits per heavy atom. The van der Waals surface area contributed by atoms with Gasteiger partial charge in [0.1, 0.15) is 12.2 Å². The van der Waals surface area contributed by atoms with E-state index in [1.807, 2.05) is 0 Å². The largest absolute Gasteiger partial charge is 0.390 e. The van der Waals surface area contributed by atoms with E-state index < -0.39 is 0 Å². The van der Waals surface area contributed by atoms with Crippen LogP contribution in [0.4, 0.5) is 0 Å². The van der Waals surface area contributed by atoms with Gasteiger partial charge in [-0.1, -0.05) is 0 Å². The van der Waals surface area contributed by atoms with Crippen LogP contribution in [0.15, 0.2) is 6.33 Å². The Balaban J connectivity index is 1.46. The smallest absolute Gasteiger partial charge is 0.147 e. The summed E-state index contributed by atoms with van der Waals surface area (Å²) < 4.78 is 2.07. The third-order valence-corrected chi connectivity index (χ3v) is 3.41. The zero-order valence-corrected chi connectivity index (χ0v) is 9.92. The molecule has 1 saturated carbocycles. The molecule has 2 aliphatic rings. The predicted molar refractivity (Wildman–Crippen MR) is 62.3 cm³/mol. The van der Waals surface area contributed by atoms with Crippen LogP contribution in [0.1, 0.15) is 18.7 Å². The molecular formula is C11H19N5O. The van der Waals surface area contributed by atoms with Gasteiger partial charge in [0.05, 0.1) is 12.6 Å². The molecule has 17 heavy (non-hydrogen) atoms. The molecule has 1 unspecified atom stereocenters. The fraction of sp³-hybridized carbons (Fsp3) is 0.818. The molecular weight excluding hydrogens is 218 g/mol. The van der Waals surface area contributed by atoms with Gasteiger partial charge in [-0.2, -0.15) is 0 Å². The van der Waals surface area contributed by atoms with E-state index in [0.29, 0.717) is 19.1 Å². The molecule has 0 radical (unpaired) electrons. The van der Waals surface area contributed by atoms with E-state index in [1.165, 1.54) is 12.8 Å². The summed E-state index contributed by atoms with van der Waals surface area (Å²) in [7, 11) is 0. The molecule has 1 fully saturated rings. The zero-order valence-electron chi connectivity index (χ0n) is 9.92. The Morgan fingerprint density at radius 3 is 3.18 bits per heavy atom. The highest BCUT2D eigenvalue weighted by atomic mass is 16.3. The minimum atomic E-state index is -0.287. The number of rotatable bonds is 5. The molecule has 0 amide bonds. The highest BCUT2D eigenvalue weighted by Gasteiger charge is 2.23. The van der Waals surface area contributed by atoms with Crippen molar-refractivity contribution in [1.82, 2.24) is 25.0 Å². The first kappa shape index (κ1) is 11.1. The summed E-state index contributed by atoms with van der Waals surface area (Å²) in [5, 5.41) is 21.2. The SMILES string of the molecule is OC(CNC1CC1)CN1CCn2cnnc2C1. The number of aliphatic hydroxyl groups is 1. The molecule has 1 aromatic heterocycles. The minimum absolute atomic E-state index is 0.287. The lowest BCUT2D eigenvalue weighted by atomic mass is 10.2. The normalized spacial score (nSPS) is 22.4.